The number of nitrogens with one attached hydrogen (secondary N) is 1. The molecule has 78 valence electrons. The van der Waals surface area contributed by atoms with Gasteiger partial charge in [-0.25, -0.2) is 4.79 Å². The second-order valence-electron chi connectivity index (χ2n) is 3.19. The first-order valence-corrected chi connectivity index (χ1v) is 5.98. The Labute approximate surface area is 85.2 Å². The lowest BCUT2D eigenvalue weighted by Crippen LogP contribution is -2.31. The van der Waals surface area contributed by atoms with E-state index in [1.165, 1.54) is 0 Å². The highest BCUT2D eigenvalue weighted by Gasteiger charge is 2.17. The molecule has 1 aliphatic rings. The Morgan fingerprint density at radius 2 is 2.29 bits per heavy atom. The van der Waals surface area contributed by atoms with Crippen LogP contribution in [0, 0.1) is 17.4 Å². The Bertz CT molecular complexity index is 275. The highest BCUT2D eigenvalue weighted by atomic mass is 32.2. The van der Waals surface area contributed by atoms with Gasteiger partial charge in [-0.2, -0.15) is 9.62 Å². The molecule has 0 spiro atoms. The maximum Gasteiger partial charge on any atom is 0.404 e. The quantitative estimate of drug-likeness (QED) is 0.672. The molecule has 14 heavy (non-hydrogen) atoms. The number of carboxylic acid groups (broad SMARTS) is 1. The first kappa shape index (κ1) is 11.0. The molecule has 0 aromatic carbocycles. The Balaban J connectivity index is 2.26. The molecule has 0 saturated carbocycles. The first-order valence-electron chi connectivity index (χ1n) is 4.46. The normalized spacial score (nSPS) is 26.2. The Morgan fingerprint density at radius 1 is 1.64 bits per heavy atom. The lowest BCUT2D eigenvalue weighted by molar-refractivity contribution is 0.192. The summed E-state index contributed by atoms with van der Waals surface area (Å²) in [7, 11) is -0.0910. The van der Waals surface area contributed by atoms with Gasteiger partial charge >= 0.3 is 6.09 Å². The number of hydrogen-bond acceptors (Lipinski definition) is 3. The number of hydrogen-bond donors (Lipinski definition) is 2. The molecule has 1 saturated heterocycles. The third kappa shape index (κ3) is 3.75. The van der Waals surface area contributed by atoms with Gasteiger partial charge in [-0.05, 0) is 18.8 Å². The van der Waals surface area contributed by atoms with Crippen LogP contribution in [0.3, 0.4) is 0 Å². The highest BCUT2D eigenvalue weighted by Crippen LogP contribution is 2.16. The van der Waals surface area contributed by atoms with E-state index in [9.17, 15) is 4.79 Å². The maximum atomic E-state index is 10.2. The van der Waals surface area contributed by atoms with Gasteiger partial charge in [0.25, 0.3) is 0 Å². The number of nitriles is 1. The van der Waals surface area contributed by atoms with Gasteiger partial charge in [0.15, 0.2) is 0 Å². The van der Waals surface area contributed by atoms with Crippen LogP contribution in [-0.2, 0) is 10.7 Å². The average molecular weight is 215 g/mol. The molecule has 1 rings (SSSR count). The lowest BCUT2D eigenvalue weighted by Gasteiger charge is -2.22. The monoisotopic (exact) mass is 215 g/mol. The molecule has 1 amide bonds. The zero-order valence-corrected chi connectivity index (χ0v) is 8.59. The second-order valence-corrected chi connectivity index (χ2v) is 5.12. The fourth-order valence-corrected chi connectivity index (χ4v) is 3.15. The number of rotatable bonds is 2. The van der Waals surface area contributed by atoms with Crippen LogP contribution in [0.5, 0.6) is 0 Å². The second kappa shape index (κ2) is 5.60. The van der Waals surface area contributed by atoms with E-state index in [-0.39, 0.29) is 10.7 Å². The molecule has 0 bridgehead atoms. The van der Waals surface area contributed by atoms with Crippen LogP contribution < -0.4 is 5.32 Å². The van der Waals surface area contributed by atoms with Crippen LogP contribution in [0.1, 0.15) is 12.8 Å². The van der Waals surface area contributed by atoms with Crippen molar-refractivity contribution in [3.05, 3.63) is 0 Å². The minimum absolute atomic E-state index is 0.0910. The molecule has 1 heterocycles. The van der Waals surface area contributed by atoms with E-state index < -0.39 is 6.09 Å². The van der Waals surface area contributed by atoms with Gasteiger partial charge in [-0.1, -0.05) is 10.7 Å². The summed E-state index contributed by atoms with van der Waals surface area (Å²) in [5.41, 5.74) is 0. The van der Waals surface area contributed by atoms with Crippen molar-refractivity contribution in [2.45, 2.75) is 12.8 Å². The van der Waals surface area contributed by atoms with E-state index in [0.717, 1.165) is 24.3 Å². The minimum Gasteiger partial charge on any atom is -0.465 e. The van der Waals surface area contributed by atoms with Gasteiger partial charge in [0.05, 0.1) is 0 Å². The van der Waals surface area contributed by atoms with E-state index in [0.29, 0.717) is 12.5 Å². The zero-order chi connectivity index (χ0) is 10.4. The van der Waals surface area contributed by atoms with Crippen molar-refractivity contribution in [3.8, 4) is 6.19 Å². The van der Waals surface area contributed by atoms with E-state index in [2.05, 4.69) is 9.68 Å². The van der Waals surface area contributed by atoms with Gasteiger partial charge in [0.1, 0.15) is 0 Å². The third-order valence-corrected chi connectivity index (χ3v) is 3.99. The first-order chi connectivity index (χ1) is 6.72. The highest BCUT2D eigenvalue weighted by molar-refractivity contribution is 7.87. The van der Waals surface area contributed by atoms with E-state index in [1.807, 2.05) is 6.19 Å². The van der Waals surface area contributed by atoms with Crippen molar-refractivity contribution in [2.24, 2.45) is 10.3 Å². The summed E-state index contributed by atoms with van der Waals surface area (Å²) >= 11 is 0. The average Bonchev–Trinajstić information content (AvgIpc) is 2.17. The molecule has 6 heteroatoms. The van der Waals surface area contributed by atoms with Crippen molar-refractivity contribution in [1.82, 2.24) is 5.32 Å². The lowest BCUT2D eigenvalue weighted by atomic mass is 10.0. The summed E-state index contributed by atoms with van der Waals surface area (Å²) < 4.78 is 3.81. The molecular formula is C8H13N3O2S. The van der Waals surface area contributed by atoms with Crippen molar-refractivity contribution in [3.63, 3.8) is 0 Å². The van der Waals surface area contributed by atoms with Crippen molar-refractivity contribution >= 4 is 16.8 Å². The van der Waals surface area contributed by atoms with Crippen molar-refractivity contribution in [2.75, 3.05) is 18.1 Å². The van der Waals surface area contributed by atoms with Crippen LogP contribution in [0.4, 0.5) is 4.79 Å². The van der Waals surface area contributed by atoms with Crippen LogP contribution in [0.2, 0.25) is 0 Å². The van der Waals surface area contributed by atoms with Crippen LogP contribution in [-0.4, -0.2) is 29.3 Å². The van der Waals surface area contributed by atoms with Crippen LogP contribution >= 0.6 is 0 Å². The summed E-state index contributed by atoms with van der Waals surface area (Å²) in [5.74, 6) is 2.28. The number of carbonyl (C=O) groups is 1. The summed E-state index contributed by atoms with van der Waals surface area (Å²) in [6, 6.07) is 0. The molecule has 0 radical (unpaired) electrons. The molecule has 5 nitrogen and oxygen atoms in total. The summed E-state index contributed by atoms with van der Waals surface area (Å²) in [5, 5.41) is 19.2. The molecule has 0 aromatic heterocycles. The predicted molar refractivity (Wildman–Crippen MR) is 53.9 cm³/mol. The number of amides is 1. The largest absolute Gasteiger partial charge is 0.465 e. The molecule has 0 aliphatic carbocycles. The molecule has 1 fully saturated rings. The number of nitrogens with zero attached hydrogens (tertiary/aromatic N) is 2. The molecular weight excluding hydrogens is 202 g/mol. The molecule has 0 aromatic rings. The maximum absolute atomic E-state index is 10.2. The standard InChI is InChI=1S/C8H13N3O2S/c9-6-11-14-3-1-7(2-4-14)5-10-8(12)13/h7,10H,1-5H2,(H,12,13). The van der Waals surface area contributed by atoms with E-state index >= 15 is 0 Å². The zero-order valence-electron chi connectivity index (χ0n) is 7.77. The van der Waals surface area contributed by atoms with Crippen LogP contribution in [0.15, 0.2) is 4.36 Å². The fourth-order valence-electron chi connectivity index (χ4n) is 1.44. The molecule has 1 aliphatic heterocycles. The Kier molecular flexibility index (Phi) is 4.40. The smallest absolute Gasteiger partial charge is 0.404 e. The molecule has 0 unspecified atom stereocenters. The van der Waals surface area contributed by atoms with Gasteiger partial charge in [-0.15, -0.1) is 0 Å². The van der Waals surface area contributed by atoms with Gasteiger partial charge in [-0.3, -0.25) is 0 Å². The van der Waals surface area contributed by atoms with Crippen molar-refractivity contribution in [1.29, 1.82) is 5.26 Å². The van der Waals surface area contributed by atoms with Gasteiger partial charge in [0.2, 0.25) is 6.19 Å². The van der Waals surface area contributed by atoms with Crippen LogP contribution in [0.25, 0.3) is 0 Å². The minimum atomic E-state index is -0.962. The fraction of sp³-hybridized carbons (Fsp3) is 0.750. The predicted octanol–water partition coefficient (Wildman–Crippen LogP) is 0.947. The summed E-state index contributed by atoms with van der Waals surface area (Å²) in [6.45, 7) is 0.527. The Morgan fingerprint density at radius 3 is 2.79 bits per heavy atom. The van der Waals surface area contributed by atoms with Gasteiger partial charge in [0, 0.05) is 18.1 Å². The molecule has 2 N–H and O–H groups in total. The Hall–Kier alpha value is -1.09. The SMILES string of the molecule is N#CN=S1CCC(CNC(=O)O)CC1. The molecule has 0 atom stereocenters. The third-order valence-electron chi connectivity index (χ3n) is 2.24. The summed E-state index contributed by atoms with van der Waals surface area (Å²) in [4.78, 5) is 10.2. The van der Waals surface area contributed by atoms with Gasteiger partial charge < -0.3 is 10.4 Å². The topological polar surface area (TPSA) is 85.5 Å². The van der Waals surface area contributed by atoms with E-state index in [4.69, 9.17) is 10.4 Å². The summed E-state index contributed by atoms with van der Waals surface area (Å²) in [6.07, 6.45) is 2.80. The van der Waals surface area contributed by atoms with E-state index in [1.54, 1.807) is 0 Å². The van der Waals surface area contributed by atoms with Crippen molar-refractivity contribution < 1.29 is 9.90 Å².